The molecule has 0 aromatic rings. The smallest absolute Gasteiger partial charge is 0.0194 e. The molecule has 0 fully saturated rings. The van der Waals surface area contributed by atoms with Crippen molar-refractivity contribution in [1.82, 2.24) is 0 Å². The van der Waals surface area contributed by atoms with Crippen LogP contribution in [-0.4, -0.2) is 0 Å². The molecule has 0 saturated heterocycles. The minimum absolute atomic E-state index is 0.615. The van der Waals surface area contributed by atoms with Crippen molar-refractivity contribution in [2.75, 3.05) is 0 Å². The molecule has 0 heterocycles. The van der Waals surface area contributed by atoms with E-state index in [1.807, 2.05) is 12.2 Å². The van der Waals surface area contributed by atoms with Gasteiger partial charge in [0.2, 0.25) is 0 Å². The highest BCUT2D eigenvalue weighted by Crippen LogP contribution is 2.18. The summed E-state index contributed by atoms with van der Waals surface area (Å²) in [6.45, 7) is 8.75. The van der Waals surface area contributed by atoms with Crippen LogP contribution in [0.4, 0.5) is 0 Å². The lowest BCUT2D eigenvalue weighted by Crippen LogP contribution is -1.90. The second-order valence-corrected chi connectivity index (χ2v) is 4.01. The van der Waals surface area contributed by atoms with Crippen LogP contribution >= 0.6 is 0 Å². The molecule has 0 nitrogen and oxygen atoms in total. The maximum atomic E-state index is 3.08. The minimum Gasteiger partial charge on any atom is -0.121 e. The molecule has 0 saturated carbocycles. The largest absolute Gasteiger partial charge is 0.121 e. The van der Waals surface area contributed by atoms with E-state index in [9.17, 15) is 0 Å². The van der Waals surface area contributed by atoms with Gasteiger partial charge in [-0.25, -0.2) is 0 Å². The van der Waals surface area contributed by atoms with Crippen molar-refractivity contribution in [3.63, 3.8) is 0 Å². The standard InChI is InChI=1S/C14H18/c1-11(2)13(4)10-14-9-7-5-6-8-12(14)3/h6-11H,1-4H3. The summed E-state index contributed by atoms with van der Waals surface area (Å²) in [5, 5.41) is 0. The Balaban J connectivity index is 2.95. The van der Waals surface area contributed by atoms with Crippen molar-refractivity contribution in [2.45, 2.75) is 27.7 Å². The van der Waals surface area contributed by atoms with Gasteiger partial charge in [0.25, 0.3) is 0 Å². The Morgan fingerprint density at radius 2 is 1.93 bits per heavy atom. The number of allylic oxidation sites excluding steroid dienone is 7. The third kappa shape index (κ3) is 2.90. The average Bonchev–Trinajstić information content (AvgIpc) is 2.32. The molecule has 1 aliphatic carbocycles. The van der Waals surface area contributed by atoms with E-state index >= 15 is 0 Å². The van der Waals surface area contributed by atoms with Gasteiger partial charge in [-0.3, -0.25) is 0 Å². The van der Waals surface area contributed by atoms with Gasteiger partial charge in [0.05, 0.1) is 0 Å². The number of hydrogen-bond acceptors (Lipinski definition) is 0. The molecule has 0 radical (unpaired) electrons. The van der Waals surface area contributed by atoms with Crippen molar-refractivity contribution >= 4 is 0 Å². The van der Waals surface area contributed by atoms with Crippen LogP contribution < -0.4 is 0 Å². The van der Waals surface area contributed by atoms with Crippen molar-refractivity contribution in [3.05, 3.63) is 52.8 Å². The van der Waals surface area contributed by atoms with Crippen molar-refractivity contribution < 1.29 is 0 Å². The zero-order chi connectivity index (χ0) is 10.6. The summed E-state index contributed by atoms with van der Waals surface area (Å²) in [5.41, 5.74) is 7.08. The Bertz CT molecular complexity index is 353. The van der Waals surface area contributed by atoms with Gasteiger partial charge in [0, 0.05) is 0 Å². The van der Waals surface area contributed by atoms with E-state index in [4.69, 9.17) is 0 Å². The first kappa shape index (κ1) is 10.8. The average molecular weight is 186 g/mol. The van der Waals surface area contributed by atoms with Crippen LogP contribution in [0.3, 0.4) is 0 Å². The molecule has 0 spiro atoms. The van der Waals surface area contributed by atoms with Crippen molar-refractivity contribution in [3.8, 4) is 0 Å². The summed E-state index contributed by atoms with van der Waals surface area (Å²) in [7, 11) is 0. The third-order valence-electron chi connectivity index (χ3n) is 2.54. The molecule has 0 aliphatic heterocycles. The first-order valence-electron chi connectivity index (χ1n) is 5.09. The van der Waals surface area contributed by atoms with Gasteiger partial charge in [0.15, 0.2) is 0 Å². The first-order chi connectivity index (χ1) is 6.61. The van der Waals surface area contributed by atoms with E-state index in [0.717, 1.165) is 0 Å². The molecule has 0 aromatic carbocycles. The summed E-state index contributed by atoms with van der Waals surface area (Å²) >= 11 is 0. The normalized spacial score (nSPS) is 16.8. The molecule has 0 atom stereocenters. The SMILES string of the molecule is CC1=CC=C=CC=C1C=C(C)C(C)C. The molecule has 1 rings (SSSR count). The Morgan fingerprint density at radius 1 is 1.29 bits per heavy atom. The molecule has 0 heteroatoms. The van der Waals surface area contributed by atoms with Gasteiger partial charge in [-0.05, 0) is 49.1 Å². The highest BCUT2D eigenvalue weighted by atomic mass is 14.1. The van der Waals surface area contributed by atoms with Crippen LogP contribution in [0.2, 0.25) is 0 Å². The molecule has 1 aliphatic rings. The monoisotopic (exact) mass is 186 g/mol. The molecule has 0 bridgehead atoms. The fraction of sp³-hybridized carbons (Fsp3) is 0.357. The van der Waals surface area contributed by atoms with Crippen molar-refractivity contribution in [2.24, 2.45) is 5.92 Å². The van der Waals surface area contributed by atoms with E-state index in [1.54, 1.807) is 0 Å². The summed E-state index contributed by atoms with van der Waals surface area (Å²) < 4.78 is 0. The summed E-state index contributed by atoms with van der Waals surface area (Å²) in [6.07, 6.45) is 10.4. The van der Waals surface area contributed by atoms with Gasteiger partial charge in [-0.2, -0.15) is 0 Å². The lowest BCUT2D eigenvalue weighted by molar-refractivity contribution is 0.768. The van der Waals surface area contributed by atoms with Gasteiger partial charge < -0.3 is 0 Å². The Labute approximate surface area is 87.0 Å². The first-order valence-corrected chi connectivity index (χ1v) is 5.09. The lowest BCUT2D eigenvalue weighted by Gasteiger charge is -2.07. The van der Waals surface area contributed by atoms with Crippen LogP contribution in [-0.2, 0) is 0 Å². The Kier molecular flexibility index (Phi) is 3.73. The summed E-state index contributed by atoms with van der Waals surface area (Å²) in [6, 6.07) is 0. The number of hydrogen-bond donors (Lipinski definition) is 0. The van der Waals surface area contributed by atoms with Gasteiger partial charge in [-0.15, -0.1) is 5.73 Å². The molecule has 0 amide bonds. The molecule has 74 valence electrons. The topological polar surface area (TPSA) is 0 Å². The van der Waals surface area contributed by atoms with Crippen LogP contribution in [0.5, 0.6) is 0 Å². The highest BCUT2D eigenvalue weighted by Gasteiger charge is 2.00. The van der Waals surface area contributed by atoms with Crippen LogP contribution in [0.1, 0.15) is 27.7 Å². The van der Waals surface area contributed by atoms with Gasteiger partial charge in [0.1, 0.15) is 0 Å². The zero-order valence-corrected chi connectivity index (χ0v) is 9.46. The predicted molar refractivity (Wildman–Crippen MR) is 63.1 cm³/mol. The zero-order valence-electron chi connectivity index (χ0n) is 9.46. The fourth-order valence-corrected chi connectivity index (χ4v) is 1.17. The minimum atomic E-state index is 0.615. The highest BCUT2D eigenvalue weighted by molar-refractivity contribution is 5.45. The Morgan fingerprint density at radius 3 is 2.57 bits per heavy atom. The van der Waals surface area contributed by atoms with Crippen LogP contribution in [0.25, 0.3) is 0 Å². The van der Waals surface area contributed by atoms with Crippen LogP contribution in [0, 0.1) is 5.92 Å². The molecule has 0 aromatic heterocycles. The van der Waals surface area contributed by atoms with Gasteiger partial charge >= 0.3 is 0 Å². The van der Waals surface area contributed by atoms with E-state index in [-0.39, 0.29) is 0 Å². The maximum Gasteiger partial charge on any atom is -0.0194 e. The second-order valence-electron chi connectivity index (χ2n) is 4.01. The molecular weight excluding hydrogens is 168 g/mol. The maximum absolute atomic E-state index is 3.08. The quantitative estimate of drug-likeness (QED) is 0.567. The lowest BCUT2D eigenvalue weighted by atomic mass is 9.99. The van der Waals surface area contributed by atoms with E-state index in [1.165, 1.54) is 16.7 Å². The van der Waals surface area contributed by atoms with Gasteiger partial charge in [-0.1, -0.05) is 31.6 Å². The molecule has 0 N–H and O–H groups in total. The third-order valence-corrected chi connectivity index (χ3v) is 2.54. The summed E-state index contributed by atoms with van der Waals surface area (Å²) in [4.78, 5) is 0. The van der Waals surface area contributed by atoms with Crippen molar-refractivity contribution in [1.29, 1.82) is 0 Å². The molecule has 14 heavy (non-hydrogen) atoms. The second kappa shape index (κ2) is 4.83. The molecular formula is C14H18. The predicted octanol–water partition coefficient (Wildman–Crippen LogP) is 4.19. The molecule has 0 unspecified atom stereocenters. The summed E-state index contributed by atoms with van der Waals surface area (Å²) in [5.74, 6) is 0.615. The number of rotatable bonds is 2. The van der Waals surface area contributed by atoms with E-state index in [2.05, 4.69) is 51.7 Å². The van der Waals surface area contributed by atoms with E-state index < -0.39 is 0 Å². The van der Waals surface area contributed by atoms with Crippen LogP contribution in [0.15, 0.2) is 52.8 Å². The fourth-order valence-electron chi connectivity index (χ4n) is 1.17. The Hall–Kier alpha value is -1.26. The van der Waals surface area contributed by atoms with E-state index in [0.29, 0.717) is 5.92 Å².